The Morgan fingerprint density at radius 1 is 1.18 bits per heavy atom. The Morgan fingerprint density at radius 2 is 1.95 bits per heavy atom. The van der Waals surface area contributed by atoms with E-state index in [4.69, 9.17) is 16.3 Å². The van der Waals surface area contributed by atoms with E-state index in [2.05, 4.69) is 10.3 Å². The van der Waals surface area contributed by atoms with E-state index in [0.29, 0.717) is 11.4 Å². The highest BCUT2D eigenvalue weighted by Crippen LogP contribution is 2.28. The first-order valence-corrected chi connectivity index (χ1v) is 7.18. The Balaban J connectivity index is 2.16. The number of ether oxygens (including phenoxy) is 1. The molecular formula is C16H13ClFN3O. The number of hydrogen-bond donors (Lipinski definition) is 0. The number of alkyl halides is 1. The summed E-state index contributed by atoms with van der Waals surface area (Å²) in [6, 6.07) is 14.3. The Kier molecular flexibility index (Phi) is 4.06. The second-order valence-electron chi connectivity index (χ2n) is 4.62. The smallest absolute Gasteiger partial charge is 0.167 e. The molecule has 6 heteroatoms. The number of nitrogens with zero attached hydrogens (tertiary/aromatic N) is 3. The monoisotopic (exact) mass is 317 g/mol. The van der Waals surface area contributed by atoms with Gasteiger partial charge < -0.3 is 4.74 Å². The number of rotatable bonds is 4. The zero-order valence-electron chi connectivity index (χ0n) is 11.8. The molecule has 1 aromatic heterocycles. The van der Waals surface area contributed by atoms with Gasteiger partial charge >= 0.3 is 0 Å². The topological polar surface area (TPSA) is 39.9 Å². The van der Waals surface area contributed by atoms with E-state index in [1.165, 1.54) is 13.2 Å². The quantitative estimate of drug-likeness (QED) is 0.687. The van der Waals surface area contributed by atoms with Crippen LogP contribution < -0.4 is 4.74 Å². The molecule has 0 saturated carbocycles. The van der Waals surface area contributed by atoms with E-state index >= 15 is 0 Å². The Morgan fingerprint density at radius 3 is 2.59 bits per heavy atom. The molecule has 4 nitrogen and oxygen atoms in total. The molecule has 2 aromatic carbocycles. The van der Waals surface area contributed by atoms with Crippen molar-refractivity contribution in [2.24, 2.45) is 0 Å². The van der Waals surface area contributed by atoms with E-state index < -0.39 is 5.82 Å². The molecule has 22 heavy (non-hydrogen) atoms. The number of halogens is 2. The minimum absolute atomic E-state index is 0.183. The lowest BCUT2D eigenvalue weighted by Crippen LogP contribution is -2.01. The molecule has 0 aliphatic rings. The van der Waals surface area contributed by atoms with Crippen LogP contribution in [0.4, 0.5) is 4.39 Å². The van der Waals surface area contributed by atoms with E-state index in [1.807, 2.05) is 30.3 Å². The summed E-state index contributed by atoms with van der Waals surface area (Å²) >= 11 is 5.95. The lowest BCUT2D eigenvalue weighted by atomic mass is 10.1. The van der Waals surface area contributed by atoms with Crippen molar-refractivity contribution in [3.8, 4) is 22.7 Å². The third kappa shape index (κ3) is 2.55. The molecule has 3 rings (SSSR count). The van der Waals surface area contributed by atoms with Gasteiger partial charge in [-0.2, -0.15) is 0 Å². The largest absolute Gasteiger partial charge is 0.494 e. The van der Waals surface area contributed by atoms with Crippen LogP contribution in [0.2, 0.25) is 0 Å². The summed E-state index contributed by atoms with van der Waals surface area (Å²) in [6.07, 6.45) is 0. The van der Waals surface area contributed by atoms with Crippen molar-refractivity contribution in [2.75, 3.05) is 7.11 Å². The van der Waals surface area contributed by atoms with Gasteiger partial charge in [-0.15, -0.1) is 16.7 Å². The van der Waals surface area contributed by atoms with Crippen LogP contribution in [0.25, 0.3) is 16.9 Å². The fourth-order valence-electron chi connectivity index (χ4n) is 2.26. The minimum Gasteiger partial charge on any atom is -0.494 e. The Hall–Kier alpha value is -2.40. The predicted molar refractivity (Wildman–Crippen MR) is 82.9 cm³/mol. The molecule has 0 radical (unpaired) electrons. The van der Waals surface area contributed by atoms with Crippen molar-refractivity contribution in [2.45, 2.75) is 5.88 Å². The number of benzene rings is 2. The minimum atomic E-state index is -0.457. The maximum atomic E-state index is 13.9. The van der Waals surface area contributed by atoms with Gasteiger partial charge in [-0.25, -0.2) is 9.07 Å². The average Bonchev–Trinajstić information content (AvgIpc) is 2.99. The molecule has 0 N–H and O–H groups in total. The van der Waals surface area contributed by atoms with Crippen molar-refractivity contribution in [1.29, 1.82) is 0 Å². The maximum Gasteiger partial charge on any atom is 0.167 e. The van der Waals surface area contributed by atoms with Gasteiger partial charge in [0.15, 0.2) is 11.6 Å². The number of aromatic nitrogens is 3. The SMILES string of the molecule is COc1ccc(-n2nnc(CCl)c2-c2ccccc2)cc1F. The van der Waals surface area contributed by atoms with E-state index in [9.17, 15) is 4.39 Å². The maximum absolute atomic E-state index is 13.9. The molecule has 0 atom stereocenters. The van der Waals surface area contributed by atoms with Gasteiger partial charge in [0.1, 0.15) is 5.69 Å². The molecule has 0 saturated heterocycles. The normalized spacial score (nSPS) is 10.7. The molecule has 0 bridgehead atoms. The first-order chi connectivity index (χ1) is 10.7. The van der Waals surface area contributed by atoms with E-state index in [1.54, 1.807) is 16.8 Å². The molecule has 1 heterocycles. The molecule has 3 aromatic rings. The lowest BCUT2D eigenvalue weighted by molar-refractivity contribution is 0.386. The fraction of sp³-hybridized carbons (Fsp3) is 0.125. The van der Waals surface area contributed by atoms with Gasteiger partial charge in [-0.05, 0) is 12.1 Å². The summed E-state index contributed by atoms with van der Waals surface area (Å²) in [5.41, 5.74) is 2.87. The molecule has 0 fully saturated rings. The van der Waals surface area contributed by atoms with Crippen LogP contribution in [0, 0.1) is 5.82 Å². The molecule has 112 valence electrons. The fourth-order valence-corrected chi connectivity index (χ4v) is 2.44. The first kappa shape index (κ1) is 14.5. The summed E-state index contributed by atoms with van der Waals surface area (Å²) in [7, 11) is 1.43. The van der Waals surface area contributed by atoms with Crippen LogP contribution in [0.1, 0.15) is 5.69 Å². The van der Waals surface area contributed by atoms with Crippen LogP contribution in [-0.4, -0.2) is 22.1 Å². The Labute approximate surface area is 132 Å². The van der Waals surface area contributed by atoms with Gasteiger partial charge in [0.25, 0.3) is 0 Å². The van der Waals surface area contributed by atoms with Crippen molar-refractivity contribution >= 4 is 11.6 Å². The van der Waals surface area contributed by atoms with Gasteiger partial charge in [-0.3, -0.25) is 0 Å². The number of hydrogen-bond acceptors (Lipinski definition) is 3. The van der Waals surface area contributed by atoms with Crippen LogP contribution in [0.15, 0.2) is 48.5 Å². The zero-order chi connectivity index (χ0) is 15.5. The molecule has 0 unspecified atom stereocenters. The second kappa shape index (κ2) is 6.15. The van der Waals surface area contributed by atoms with Crippen molar-refractivity contribution in [3.63, 3.8) is 0 Å². The highest BCUT2D eigenvalue weighted by atomic mass is 35.5. The summed E-state index contributed by atoms with van der Waals surface area (Å²) in [5, 5.41) is 8.19. The molecule has 0 aliphatic heterocycles. The summed E-state index contributed by atoms with van der Waals surface area (Å²) in [4.78, 5) is 0. The molecule has 0 amide bonds. The van der Waals surface area contributed by atoms with Crippen LogP contribution in [0.3, 0.4) is 0 Å². The van der Waals surface area contributed by atoms with Crippen molar-refractivity contribution in [1.82, 2.24) is 15.0 Å². The highest BCUT2D eigenvalue weighted by molar-refractivity contribution is 6.17. The molecule has 0 aliphatic carbocycles. The standard InChI is InChI=1S/C16H13ClFN3O/c1-22-15-8-7-12(9-13(15)18)21-16(14(10-17)19-20-21)11-5-3-2-4-6-11/h2-9H,10H2,1H3. The Bertz CT molecular complexity index is 789. The summed E-state index contributed by atoms with van der Waals surface area (Å²) in [5.74, 6) is -0.0484. The summed E-state index contributed by atoms with van der Waals surface area (Å²) in [6.45, 7) is 0. The van der Waals surface area contributed by atoms with Crippen molar-refractivity contribution < 1.29 is 9.13 Å². The van der Waals surface area contributed by atoms with Gasteiger partial charge in [0, 0.05) is 11.6 Å². The average molecular weight is 318 g/mol. The van der Waals surface area contributed by atoms with Crippen LogP contribution in [0.5, 0.6) is 5.75 Å². The van der Waals surface area contributed by atoms with Gasteiger partial charge in [0.05, 0.1) is 24.4 Å². The third-order valence-corrected chi connectivity index (χ3v) is 3.55. The first-order valence-electron chi connectivity index (χ1n) is 6.64. The lowest BCUT2D eigenvalue weighted by Gasteiger charge is -2.09. The number of methoxy groups -OCH3 is 1. The van der Waals surface area contributed by atoms with E-state index in [-0.39, 0.29) is 11.6 Å². The molecule has 0 spiro atoms. The van der Waals surface area contributed by atoms with E-state index in [0.717, 1.165) is 11.3 Å². The van der Waals surface area contributed by atoms with Crippen molar-refractivity contribution in [3.05, 3.63) is 60.0 Å². The van der Waals surface area contributed by atoms with Gasteiger partial charge in [0.2, 0.25) is 0 Å². The highest BCUT2D eigenvalue weighted by Gasteiger charge is 2.16. The van der Waals surface area contributed by atoms with Crippen LogP contribution >= 0.6 is 11.6 Å². The van der Waals surface area contributed by atoms with Gasteiger partial charge in [-0.1, -0.05) is 35.5 Å². The third-order valence-electron chi connectivity index (χ3n) is 3.29. The zero-order valence-corrected chi connectivity index (χ0v) is 12.6. The predicted octanol–water partition coefficient (Wildman–Crippen LogP) is 3.82. The molecular weight excluding hydrogens is 305 g/mol. The van der Waals surface area contributed by atoms with Crippen LogP contribution in [-0.2, 0) is 5.88 Å². The second-order valence-corrected chi connectivity index (χ2v) is 4.88. The summed E-state index contributed by atoms with van der Waals surface area (Å²) < 4.78 is 20.5.